The Morgan fingerprint density at radius 2 is 1.67 bits per heavy atom. The fourth-order valence-corrected chi connectivity index (χ4v) is 6.70. The van der Waals surface area contributed by atoms with E-state index < -0.39 is 7.82 Å². The Morgan fingerprint density at radius 1 is 0.977 bits per heavy atom. The van der Waals surface area contributed by atoms with Gasteiger partial charge in [0.2, 0.25) is 0 Å². The van der Waals surface area contributed by atoms with Gasteiger partial charge in [-0.3, -0.25) is 13.6 Å². The maximum absolute atomic E-state index is 14.0. The quantitative estimate of drug-likeness (QED) is 0.127. The van der Waals surface area contributed by atoms with Crippen molar-refractivity contribution in [2.45, 2.75) is 119 Å². The molecule has 1 fully saturated rings. The van der Waals surface area contributed by atoms with E-state index in [2.05, 4.69) is 56.4 Å². The van der Waals surface area contributed by atoms with Crippen molar-refractivity contribution >= 4 is 7.82 Å². The fourth-order valence-electron chi connectivity index (χ4n) is 5.37. The third-order valence-corrected chi connectivity index (χ3v) is 9.21. The molecule has 240 valence electrons. The lowest BCUT2D eigenvalue weighted by Crippen LogP contribution is -2.27. The van der Waals surface area contributed by atoms with Crippen LogP contribution in [0.2, 0.25) is 0 Å². The standard InChI is InChI=1S/C34H47O4P.2C2H6/c1-5-8-17-29(4)34(25-14-11-15-26-34)32-21-16-22-33(24-23-32)38-39(35,36-27-30(7-3)18-9-6-2)37-28-31-19-12-10-13-20-31;2*1-2/h5-10,12-13,17,19-21,23-24,33H,11,14-16,18,22,25-28H2,1-4H3;2*1-2H3/b8-5-,9-6-,29-17+,30-7+;;. The molecule has 1 aromatic rings. The summed E-state index contributed by atoms with van der Waals surface area (Å²) in [6.07, 6.45) is 27.3. The van der Waals surface area contributed by atoms with E-state index in [1.807, 2.05) is 84.0 Å². The zero-order valence-corrected chi connectivity index (χ0v) is 29.2. The first kappa shape index (κ1) is 38.8. The molecular weight excluding hydrogens is 551 g/mol. The molecule has 0 amide bonds. The van der Waals surface area contributed by atoms with E-state index in [-0.39, 0.29) is 24.7 Å². The summed E-state index contributed by atoms with van der Waals surface area (Å²) in [4.78, 5) is 0. The molecule has 2 aliphatic rings. The average Bonchev–Trinajstić information content (AvgIpc) is 3.31. The molecular formula is C38H59O4P. The van der Waals surface area contributed by atoms with Crippen molar-refractivity contribution in [3.8, 4) is 0 Å². The average molecular weight is 611 g/mol. The van der Waals surface area contributed by atoms with E-state index >= 15 is 0 Å². The van der Waals surface area contributed by atoms with Crippen LogP contribution in [0.1, 0.15) is 112 Å². The SMILES string of the molecule is C/C=C\C=C(/C)C1(C2=CCCC(OP(=O)(OC/C(=C/C)C/C=C\C)OCc3ccccc3)C=C2)CCCCC1.CC.CC. The van der Waals surface area contributed by atoms with Crippen LogP contribution in [0, 0.1) is 5.41 Å². The van der Waals surface area contributed by atoms with Crippen molar-refractivity contribution in [1.82, 2.24) is 0 Å². The minimum Gasteiger partial charge on any atom is -0.282 e. The molecule has 0 aliphatic heterocycles. The largest absolute Gasteiger partial charge is 0.476 e. The van der Waals surface area contributed by atoms with Gasteiger partial charge in [-0.15, -0.1) is 0 Å². The van der Waals surface area contributed by atoms with Crippen LogP contribution in [0.25, 0.3) is 0 Å². The van der Waals surface area contributed by atoms with Gasteiger partial charge in [-0.25, -0.2) is 4.57 Å². The van der Waals surface area contributed by atoms with Gasteiger partial charge in [0.05, 0.1) is 19.3 Å². The van der Waals surface area contributed by atoms with Crippen LogP contribution in [0.15, 0.2) is 102 Å². The molecule has 2 unspecified atom stereocenters. The second kappa shape index (κ2) is 22.3. The second-order valence-electron chi connectivity index (χ2n) is 10.5. The first-order chi connectivity index (χ1) is 20.9. The molecule has 0 N–H and O–H groups in total. The van der Waals surface area contributed by atoms with E-state index in [1.54, 1.807) is 0 Å². The van der Waals surface area contributed by atoms with Crippen molar-refractivity contribution in [1.29, 1.82) is 0 Å². The summed E-state index contributed by atoms with van der Waals surface area (Å²) in [6, 6.07) is 9.72. The van der Waals surface area contributed by atoms with Crippen LogP contribution < -0.4 is 0 Å². The first-order valence-corrected chi connectivity index (χ1v) is 18.0. The van der Waals surface area contributed by atoms with Gasteiger partial charge < -0.3 is 0 Å². The first-order valence-electron chi connectivity index (χ1n) is 16.5. The summed E-state index contributed by atoms with van der Waals surface area (Å²) in [5.74, 6) is 0. The Balaban J connectivity index is 0.00000221. The highest BCUT2D eigenvalue weighted by atomic mass is 31.2. The Bertz CT molecular complexity index is 1120. The summed E-state index contributed by atoms with van der Waals surface area (Å²) in [5.41, 5.74) is 4.78. The number of benzene rings is 1. The van der Waals surface area contributed by atoms with Crippen LogP contribution in [0.3, 0.4) is 0 Å². The van der Waals surface area contributed by atoms with Gasteiger partial charge >= 0.3 is 7.82 Å². The lowest BCUT2D eigenvalue weighted by atomic mass is 9.64. The van der Waals surface area contributed by atoms with Gasteiger partial charge in [-0.1, -0.05) is 138 Å². The summed E-state index contributed by atoms with van der Waals surface area (Å²) in [6.45, 7) is 16.6. The molecule has 0 heterocycles. The normalized spacial score (nSPS) is 20.4. The molecule has 0 bridgehead atoms. The number of rotatable bonds is 13. The number of hydrogen-bond donors (Lipinski definition) is 0. The van der Waals surface area contributed by atoms with Crippen molar-refractivity contribution in [2.75, 3.05) is 6.61 Å². The molecule has 43 heavy (non-hydrogen) atoms. The maximum atomic E-state index is 14.0. The third kappa shape index (κ3) is 13.1. The van der Waals surface area contributed by atoms with Crippen LogP contribution in [0.5, 0.6) is 0 Å². The molecule has 4 nitrogen and oxygen atoms in total. The zero-order valence-electron chi connectivity index (χ0n) is 28.3. The molecule has 0 spiro atoms. The van der Waals surface area contributed by atoms with Gasteiger partial charge in [0.15, 0.2) is 0 Å². The van der Waals surface area contributed by atoms with E-state index in [9.17, 15) is 4.57 Å². The lowest BCUT2D eigenvalue weighted by Gasteiger charge is -2.40. The number of phosphoric acid groups is 1. The van der Waals surface area contributed by atoms with Crippen LogP contribution >= 0.6 is 7.82 Å². The summed E-state index contributed by atoms with van der Waals surface area (Å²) in [5, 5.41) is 0. The monoisotopic (exact) mass is 610 g/mol. The maximum Gasteiger partial charge on any atom is 0.476 e. The smallest absolute Gasteiger partial charge is 0.282 e. The minimum absolute atomic E-state index is 0.0563. The second-order valence-corrected chi connectivity index (χ2v) is 12.1. The predicted molar refractivity (Wildman–Crippen MR) is 186 cm³/mol. The summed E-state index contributed by atoms with van der Waals surface area (Å²) in [7, 11) is -3.83. The Hall–Kier alpha value is -2.23. The number of phosphoric ester groups is 1. The van der Waals surface area contributed by atoms with Gasteiger partial charge in [-0.2, -0.15) is 0 Å². The molecule has 2 aliphatic carbocycles. The Kier molecular flexibility index (Phi) is 20.1. The highest BCUT2D eigenvalue weighted by Crippen LogP contribution is 2.53. The zero-order chi connectivity index (χ0) is 32.0. The molecule has 0 aromatic heterocycles. The molecule has 0 saturated heterocycles. The van der Waals surface area contributed by atoms with Crippen molar-refractivity contribution in [3.63, 3.8) is 0 Å². The number of allylic oxidation sites excluding steroid dienone is 10. The predicted octanol–water partition coefficient (Wildman–Crippen LogP) is 12.4. The minimum atomic E-state index is -3.83. The van der Waals surface area contributed by atoms with E-state index in [4.69, 9.17) is 13.6 Å². The Labute approximate surface area is 264 Å². The summed E-state index contributed by atoms with van der Waals surface area (Å²) >= 11 is 0. The van der Waals surface area contributed by atoms with Crippen molar-refractivity contribution < 1.29 is 18.1 Å². The fraction of sp³-hybridized carbons (Fsp3) is 0.526. The lowest BCUT2D eigenvalue weighted by molar-refractivity contribution is 0.0919. The summed E-state index contributed by atoms with van der Waals surface area (Å²) < 4.78 is 32.0. The van der Waals surface area contributed by atoms with Crippen LogP contribution in [-0.2, 0) is 24.7 Å². The van der Waals surface area contributed by atoms with E-state index in [0.717, 1.165) is 43.2 Å². The van der Waals surface area contributed by atoms with Crippen LogP contribution in [-0.4, -0.2) is 12.7 Å². The highest BCUT2D eigenvalue weighted by molar-refractivity contribution is 7.48. The molecule has 3 rings (SSSR count). The highest BCUT2D eigenvalue weighted by Gasteiger charge is 2.37. The van der Waals surface area contributed by atoms with Gasteiger partial charge in [-0.05, 0) is 76.5 Å². The van der Waals surface area contributed by atoms with Crippen LogP contribution in [0.4, 0.5) is 0 Å². The van der Waals surface area contributed by atoms with E-state index in [1.165, 1.54) is 30.4 Å². The molecule has 1 saturated carbocycles. The molecule has 1 aromatic carbocycles. The third-order valence-electron chi connectivity index (χ3n) is 7.79. The van der Waals surface area contributed by atoms with Gasteiger partial charge in [0.1, 0.15) is 0 Å². The van der Waals surface area contributed by atoms with Gasteiger partial charge in [0, 0.05) is 5.41 Å². The molecule has 0 radical (unpaired) electrons. The topological polar surface area (TPSA) is 44.8 Å². The molecule has 5 heteroatoms. The number of hydrogen-bond acceptors (Lipinski definition) is 4. The Morgan fingerprint density at radius 3 is 2.30 bits per heavy atom. The van der Waals surface area contributed by atoms with Crippen molar-refractivity contribution in [3.05, 3.63) is 107 Å². The van der Waals surface area contributed by atoms with Gasteiger partial charge in [0.25, 0.3) is 0 Å². The van der Waals surface area contributed by atoms with E-state index in [0.29, 0.717) is 0 Å². The van der Waals surface area contributed by atoms with Crippen molar-refractivity contribution in [2.24, 2.45) is 5.41 Å². The molecule has 2 atom stereocenters.